The highest BCUT2D eigenvalue weighted by atomic mass is 16.5. The van der Waals surface area contributed by atoms with Gasteiger partial charge in [0, 0.05) is 11.5 Å². The van der Waals surface area contributed by atoms with E-state index in [0.29, 0.717) is 11.3 Å². The number of rotatable bonds is 7. The molecule has 0 aliphatic rings. The molecule has 0 aliphatic carbocycles. The van der Waals surface area contributed by atoms with Gasteiger partial charge < -0.3 is 9.84 Å². The summed E-state index contributed by atoms with van der Waals surface area (Å²) in [6, 6.07) is 7.08. The van der Waals surface area contributed by atoms with Crippen molar-refractivity contribution in [2.24, 2.45) is 5.92 Å². The zero-order valence-electron chi connectivity index (χ0n) is 10.5. The molecule has 0 heterocycles. The van der Waals surface area contributed by atoms with Crippen LogP contribution in [0.2, 0.25) is 0 Å². The molecule has 1 rings (SSSR count). The number of hydrogen-bond acceptors (Lipinski definition) is 3. The molecule has 94 valence electrons. The number of aliphatic hydroxyl groups excluding tert-OH is 1. The van der Waals surface area contributed by atoms with Crippen LogP contribution in [0.3, 0.4) is 0 Å². The maximum absolute atomic E-state index is 12.1. The summed E-state index contributed by atoms with van der Waals surface area (Å²) in [7, 11) is 1.57. The van der Waals surface area contributed by atoms with Crippen molar-refractivity contribution in [2.75, 3.05) is 13.7 Å². The zero-order valence-corrected chi connectivity index (χ0v) is 10.5. The van der Waals surface area contributed by atoms with Gasteiger partial charge in [-0.05, 0) is 18.6 Å². The molecule has 3 heteroatoms. The molecule has 17 heavy (non-hydrogen) atoms. The van der Waals surface area contributed by atoms with Crippen LogP contribution in [0.1, 0.15) is 36.5 Å². The molecule has 0 saturated heterocycles. The molecular formula is C14H20O3. The van der Waals surface area contributed by atoms with E-state index >= 15 is 0 Å². The molecule has 0 radical (unpaired) electrons. The first-order chi connectivity index (χ1) is 8.22. The Bertz CT molecular complexity index is 360. The predicted octanol–water partition coefficient (Wildman–Crippen LogP) is 2.68. The number of hydrogen-bond donors (Lipinski definition) is 1. The van der Waals surface area contributed by atoms with Crippen molar-refractivity contribution in [3.8, 4) is 5.75 Å². The standard InChI is InChI=1S/C14H20O3/c1-3-4-6-12(10-15)14(16)11-7-5-8-13(9-11)17-2/h5,7-9,12,15H,3-4,6,10H2,1-2H3. The Kier molecular flexibility index (Phi) is 5.70. The highest BCUT2D eigenvalue weighted by Crippen LogP contribution is 2.19. The number of methoxy groups -OCH3 is 1. The van der Waals surface area contributed by atoms with Crippen LogP contribution in [-0.2, 0) is 0 Å². The average molecular weight is 236 g/mol. The third-order valence-electron chi connectivity index (χ3n) is 2.85. The van der Waals surface area contributed by atoms with Crippen LogP contribution in [0.15, 0.2) is 24.3 Å². The molecule has 1 unspecified atom stereocenters. The van der Waals surface area contributed by atoms with Crippen LogP contribution in [0.25, 0.3) is 0 Å². The Morgan fingerprint density at radius 2 is 2.24 bits per heavy atom. The van der Waals surface area contributed by atoms with Crippen LogP contribution >= 0.6 is 0 Å². The topological polar surface area (TPSA) is 46.5 Å². The maximum atomic E-state index is 12.1. The summed E-state index contributed by atoms with van der Waals surface area (Å²) in [5.41, 5.74) is 0.611. The first-order valence-corrected chi connectivity index (χ1v) is 6.02. The second-order valence-electron chi connectivity index (χ2n) is 4.12. The van der Waals surface area contributed by atoms with Gasteiger partial charge in [0.25, 0.3) is 0 Å². The number of Topliss-reactive ketones (excluding diaryl/α,β-unsaturated/α-hetero) is 1. The van der Waals surface area contributed by atoms with Gasteiger partial charge in [-0.25, -0.2) is 0 Å². The summed E-state index contributed by atoms with van der Waals surface area (Å²) in [5, 5.41) is 9.26. The summed E-state index contributed by atoms with van der Waals surface area (Å²) in [4.78, 5) is 12.1. The summed E-state index contributed by atoms with van der Waals surface area (Å²) < 4.78 is 5.08. The van der Waals surface area contributed by atoms with Crippen molar-refractivity contribution in [3.63, 3.8) is 0 Å². The quantitative estimate of drug-likeness (QED) is 0.740. The lowest BCUT2D eigenvalue weighted by atomic mass is 9.93. The monoisotopic (exact) mass is 236 g/mol. The zero-order chi connectivity index (χ0) is 12.7. The van der Waals surface area contributed by atoms with Crippen LogP contribution in [0, 0.1) is 5.92 Å². The van der Waals surface area contributed by atoms with Crippen molar-refractivity contribution < 1.29 is 14.6 Å². The summed E-state index contributed by atoms with van der Waals surface area (Å²) in [5.74, 6) is 0.380. The Morgan fingerprint density at radius 3 is 2.82 bits per heavy atom. The Morgan fingerprint density at radius 1 is 1.47 bits per heavy atom. The first-order valence-electron chi connectivity index (χ1n) is 6.02. The number of carbonyl (C=O) groups excluding carboxylic acids is 1. The second kappa shape index (κ2) is 7.07. The van der Waals surface area contributed by atoms with E-state index in [4.69, 9.17) is 4.74 Å². The predicted molar refractivity (Wildman–Crippen MR) is 67.4 cm³/mol. The smallest absolute Gasteiger partial charge is 0.168 e. The average Bonchev–Trinajstić information content (AvgIpc) is 2.39. The van der Waals surface area contributed by atoms with E-state index < -0.39 is 0 Å². The van der Waals surface area contributed by atoms with Gasteiger partial charge in [-0.2, -0.15) is 0 Å². The van der Waals surface area contributed by atoms with E-state index in [1.807, 2.05) is 0 Å². The van der Waals surface area contributed by atoms with Crippen LogP contribution in [0.4, 0.5) is 0 Å². The molecule has 1 aromatic rings. The molecule has 1 atom stereocenters. The van der Waals surface area contributed by atoms with Crippen molar-refractivity contribution in [1.29, 1.82) is 0 Å². The van der Waals surface area contributed by atoms with E-state index in [9.17, 15) is 9.90 Å². The molecular weight excluding hydrogens is 216 g/mol. The SMILES string of the molecule is CCCCC(CO)C(=O)c1cccc(OC)c1. The van der Waals surface area contributed by atoms with E-state index in [2.05, 4.69) is 6.92 Å². The summed E-state index contributed by atoms with van der Waals surface area (Å²) in [6.45, 7) is 1.99. The summed E-state index contributed by atoms with van der Waals surface area (Å²) in [6.07, 6.45) is 2.73. The van der Waals surface area contributed by atoms with Gasteiger partial charge in [0.05, 0.1) is 13.7 Å². The molecule has 0 aromatic heterocycles. The highest BCUT2D eigenvalue weighted by molar-refractivity contribution is 5.98. The van der Waals surface area contributed by atoms with Crippen molar-refractivity contribution in [1.82, 2.24) is 0 Å². The third kappa shape index (κ3) is 3.86. The fourth-order valence-corrected chi connectivity index (χ4v) is 1.77. The Labute approximate surface area is 102 Å². The number of ether oxygens (including phenoxy) is 1. The van der Waals surface area contributed by atoms with E-state index in [-0.39, 0.29) is 18.3 Å². The van der Waals surface area contributed by atoms with Gasteiger partial charge in [0.2, 0.25) is 0 Å². The Hall–Kier alpha value is -1.35. The molecule has 0 spiro atoms. The van der Waals surface area contributed by atoms with E-state index in [0.717, 1.165) is 19.3 Å². The summed E-state index contributed by atoms with van der Waals surface area (Å²) >= 11 is 0. The fraction of sp³-hybridized carbons (Fsp3) is 0.500. The molecule has 0 amide bonds. The molecule has 0 saturated carbocycles. The fourth-order valence-electron chi connectivity index (χ4n) is 1.77. The molecule has 1 aromatic carbocycles. The van der Waals surface area contributed by atoms with Gasteiger partial charge in [0.15, 0.2) is 5.78 Å². The second-order valence-corrected chi connectivity index (χ2v) is 4.12. The maximum Gasteiger partial charge on any atom is 0.168 e. The lowest BCUT2D eigenvalue weighted by Gasteiger charge is -2.13. The third-order valence-corrected chi connectivity index (χ3v) is 2.85. The van der Waals surface area contributed by atoms with Gasteiger partial charge in [-0.3, -0.25) is 4.79 Å². The molecule has 1 N–H and O–H groups in total. The molecule has 3 nitrogen and oxygen atoms in total. The molecule has 0 aliphatic heterocycles. The number of unbranched alkanes of at least 4 members (excludes halogenated alkanes) is 1. The Balaban J connectivity index is 2.78. The van der Waals surface area contributed by atoms with E-state index in [1.54, 1.807) is 31.4 Å². The number of aliphatic hydroxyl groups is 1. The van der Waals surface area contributed by atoms with E-state index in [1.165, 1.54) is 0 Å². The van der Waals surface area contributed by atoms with Crippen LogP contribution in [0.5, 0.6) is 5.75 Å². The van der Waals surface area contributed by atoms with Gasteiger partial charge in [0.1, 0.15) is 5.75 Å². The van der Waals surface area contributed by atoms with Crippen molar-refractivity contribution in [2.45, 2.75) is 26.2 Å². The van der Waals surface area contributed by atoms with Crippen LogP contribution in [-0.4, -0.2) is 24.6 Å². The highest BCUT2D eigenvalue weighted by Gasteiger charge is 2.18. The minimum absolute atomic E-state index is 0.000139. The number of ketones is 1. The largest absolute Gasteiger partial charge is 0.497 e. The number of carbonyl (C=O) groups is 1. The lowest BCUT2D eigenvalue weighted by Crippen LogP contribution is -2.18. The lowest BCUT2D eigenvalue weighted by molar-refractivity contribution is 0.0848. The van der Waals surface area contributed by atoms with Crippen molar-refractivity contribution >= 4 is 5.78 Å². The minimum atomic E-state index is -0.290. The molecule has 0 fully saturated rings. The normalized spacial score (nSPS) is 12.2. The first kappa shape index (κ1) is 13.7. The van der Waals surface area contributed by atoms with Gasteiger partial charge in [-0.15, -0.1) is 0 Å². The number of benzene rings is 1. The molecule has 0 bridgehead atoms. The minimum Gasteiger partial charge on any atom is -0.497 e. The van der Waals surface area contributed by atoms with Crippen molar-refractivity contribution in [3.05, 3.63) is 29.8 Å². The van der Waals surface area contributed by atoms with Gasteiger partial charge in [-0.1, -0.05) is 31.9 Å². The van der Waals surface area contributed by atoms with Gasteiger partial charge >= 0.3 is 0 Å². The van der Waals surface area contributed by atoms with Crippen LogP contribution < -0.4 is 4.74 Å².